The molecule has 2 atom stereocenters. The average molecular weight is 291 g/mol. The Kier molecular flexibility index (Phi) is 3.15. The molecule has 3 nitrogen and oxygen atoms in total. The number of hydrogen-bond donors (Lipinski definition) is 1. The van der Waals surface area contributed by atoms with Crippen LogP contribution in [0.25, 0.3) is 0 Å². The van der Waals surface area contributed by atoms with Gasteiger partial charge in [-0.1, -0.05) is 6.92 Å². The van der Waals surface area contributed by atoms with Gasteiger partial charge in [-0.15, -0.1) is 0 Å². The molecule has 5 rings (SSSR count). The number of carboxylic acids is 1. The van der Waals surface area contributed by atoms with E-state index in [1.54, 1.807) is 0 Å². The number of carbonyl (C=O) groups is 1. The van der Waals surface area contributed by atoms with Gasteiger partial charge in [-0.05, 0) is 74.5 Å². The summed E-state index contributed by atoms with van der Waals surface area (Å²) in [6, 6.07) is 0.670. The van der Waals surface area contributed by atoms with Crippen LogP contribution < -0.4 is 0 Å². The van der Waals surface area contributed by atoms with Gasteiger partial charge in [0.2, 0.25) is 0 Å². The van der Waals surface area contributed by atoms with E-state index in [1.807, 2.05) is 6.92 Å². The van der Waals surface area contributed by atoms with E-state index in [1.165, 1.54) is 38.5 Å². The van der Waals surface area contributed by atoms with Crippen LogP contribution in [0.15, 0.2) is 0 Å². The summed E-state index contributed by atoms with van der Waals surface area (Å²) in [4.78, 5) is 13.7. The molecule has 4 bridgehead atoms. The van der Waals surface area contributed by atoms with Crippen molar-refractivity contribution >= 4 is 5.97 Å². The maximum Gasteiger partial charge on any atom is 0.306 e. The van der Waals surface area contributed by atoms with E-state index in [-0.39, 0.29) is 5.92 Å². The van der Waals surface area contributed by atoms with Crippen molar-refractivity contribution < 1.29 is 9.90 Å². The fraction of sp³-hybridized carbons (Fsp3) is 0.944. The predicted octanol–water partition coefficient (Wildman–Crippen LogP) is 3.24. The maximum absolute atomic E-state index is 11.1. The molecule has 1 heterocycles. The van der Waals surface area contributed by atoms with E-state index in [2.05, 4.69) is 11.8 Å². The van der Waals surface area contributed by atoms with E-state index in [0.717, 1.165) is 30.8 Å². The molecule has 0 spiro atoms. The van der Waals surface area contributed by atoms with Gasteiger partial charge in [-0.2, -0.15) is 0 Å². The zero-order chi connectivity index (χ0) is 14.8. The third-order valence-electron chi connectivity index (χ3n) is 7.55. The van der Waals surface area contributed by atoms with Crippen molar-refractivity contribution in [1.82, 2.24) is 4.90 Å². The molecule has 4 aliphatic carbocycles. The molecule has 1 saturated heterocycles. The second-order valence-corrected chi connectivity index (χ2v) is 8.80. The first kappa shape index (κ1) is 14.0. The summed E-state index contributed by atoms with van der Waals surface area (Å²) in [5, 5.41) is 9.15. The Morgan fingerprint density at radius 2 is 1.52 bits per heavy atom. The van der Waals surface area contributed by atoms with Crippen LogP contribution in [0.5, 0.6) is 0 Å². The van der Waals surface area contributed by atoms with Crippen LogP contribution in [0, 0.1) is 35.0 Å². The fourth-order valence-electron chi connectivity index (χ4n) is 6.46. The van der Waals surface area contributed by atoms with Gasteiger partial charge in [0.05, 0.1) is 5.92 Å². The van der Waals surface area contributed by atoms with Gasteiger partial charge >= 0.3 is 5.97 Å². The first-order valence-corrected chi connectivity index (χ1v) is 8.94. The second kappa shape index (κ2) is 4.71. The van der Waals surface area contributed by atoms with Crippen LogP contribution in [0.1, 0.15) is 52.4 Å². The Labute approximate surface area is 128 Å². The van der Waals surface area contributed by atoms with Crippen molar-refractivity contribution in [3.8, 4) is 0 Å². The lowest BCUT2D eigenvalue weighted by atomic mass is 9.47. The molecule has 118 valence electrons. The lowest BCUT2D eigenvalue weighted by Crippen LogP contribution is -2.62. The van der Waals surface area contributed by atoms with Gasteiger partial charge in [0.1, 0.15) is 0 Å². The lowest BCUT2D eigenvalue weighted by molar-refractivity contribution is -0.150. The summed E-state index contributed by atoms with van der Waals surface area (Å²) in [6.45, 7) is 6.33. The monoisotopic (exact) mass is 291 g/mol. The van der Waals surface area contributed by atoms with Crippen molar-refractivity contribution in [3.05, 3.63) is 0 Å². The van der Waals surface area contributed by atoms with Crippen LogP contribution in [0.4, 0.5) is 0 Å². The van der Waals surface area contributed by atoms with Gasteiger partial charge < -0.3 is 5.11 Å². The zero-order valence-electron chi connectivity index (χ0n) is 13.4. The molecule has 0 aromatic carbocycles. The quantitative estimate of drug-likeness (QED) is 0.864. The predicted molar refractivity (Wildman–Crippen MR) is 81.9 cm³/mol. The summed E-state index contributed by atoms with van der Waals surface area (Å²) < 4.78 is 0. The lowest BCUT2D eigenvalue weighted by Gasteiger charge is -2.62. The van der Waals surface area contributed by atoms with Crippen LogP contribution in [-0.2, 0) is 4.79 Å². The van der Waals surface area contributed by atoms with Crippen LogP contribution in [0.3, 0.4) is 0 Å². The average Bonchev–Trinajstić information content (AvgIpc) is 2.34. The minimum Gasteiger partial charge on any atom is -0.481 e. The molecule has 0 aromatic rings. The summed E-state index contributed by atoms with van der Waals surface area (Å²) in [6.07, 6.45) is 8.88. The molecular weight excluding hydrogens is 262 g/mol. The van der Waals surface area contributed by atoms with Crippen LogP contribution >= 0.6 is 0 Å². The van der Waals surface area contributed by atoms with Crippen LogP contribution in [0.2, 0.25) is 0 Å². The smallest absolute Gasteiger partial charge is 0.306 e. The highest BCUT2D eigenvalue weighted by Crippen LogP contribution is 2.62. The highest BCUT2D eigenvalue weighted by Gasteiger charge is 2.55. The second-order valence-electron chi connectivity index (χ2n) is 8.80. The Morgan fingerprint density at radius 3 is 1.95 bits per heavy atom. The van der Waals surface area contributed by atoms with E-state index in [9.17, 15) is 4.79 Å². The van der Waals surface area contributed by atoms with Gasteiger partial charge in [0.25, 0.3) is 0 Å². The zero-order valence-corrected chi connectivity index (χ0v) is 13.4. The largest absolute Gasteiger partial charge is 0.481 e. The molecule has 5 fully saturated rings. The minimum absolute atomic E-state index is 0.176. The van der Waals surface area contributed by atoms with Crippen molar-refractivity contribution in [2.24, 2.45) is 35.0 Å². The number of aliphatic carboxylic acids is 1. The summed E-state index contributed by atoms with van der Waals surface area (Å²) in [5.74, 6) is 2.60. The van der Waals surface area contributed by atoms with Gasteiger partial charge in [-0.3, -0.25) is 9.69 Å². The Morgan fingerprint density at radius 1 is 1.05 bits per heavy atom. The minimum atomic E-state index is -0.623. The molecule has 1 N–H and O–H groups in total. The SMILES string of the molecule is CC(C(=O)O)C1CN(C(C)C23CC4CC(CC(C4)C2)C3)C1. The highest BCUT2D eigenvalue weighted by molar-refractivity contribution is 5.70. The normalized spacial score (nSPS) is 45.3. The van der Waals surface area contributed by atoms with Crippen molar-refractivity contribution in [2.75, 3.05) is 13.1 Å². The molecule has 0 amide bonds. The summed E-state index contributed by atoms with van der Waals surface area (Å²) in [5.41, 5.74) is 0.576. The van der Waals surface area contributed by atoms with Crippen molar-refractivity contribution in [2.45, 2.75) is 58.4 Å². The van der Waals surface area contributed by atoms with Gasteiger partial charge in [0.15, 0.2) is 0 Å². The third kappa shape index (κ3) is 2.15. The molecule has 1 aliphatic heterocycles. The number of hydrogen-bond acceptors (Lipinski definition) is 2. The highest BCUT2D eigenvalue weighted by atomic mass is 16.4. The topological polar surface area (TPSA) is 40.5 Å². The van der Waals surface area contributed by atoms with Gasteiger partial charge in [-0.25, -0.2) is 0 Å². The van der Waals surface area contributed by atoms with Gasteiger partial charge in [0, 0.05) is 19.1 Å². The first-order chi connectivity index (χ1) is 9.97. The standard InChI is InChI=1S/C18H29NO2/c1-11(17(20)21)16-9-19(10-16)12(2)18-6-13-3-14(7-18)5-15(4-13)8-18/h11-16H,3-10H2,1-2H3,(H,20,21). The number of rotatable bonds is 4. The fourth-order valence-corrected chi connectivity index (χ4v) is 6.46. The Balaban J connectivity index is 1.42. The Hall–Kier alpha value is -0.570. The van der Waals surface area contributed by atoms with Crippen molar-refractivity contribution in [3.63, 3.8) is 0 Å². The van der Waals surface area contributed by atoms with E-state index in [0.29, 0.717) is 17.4 Å². The Bertz CT molecular complexity index is 405. The summed E-state index contributed by atoms with van der Waals surface area (Å²) >= 11 is 0. The van der Waals surface area contributed by atoms with E-state index >= 15 is 0 Å². The number of carboxylic acid groups (broad SMARTS) is 1. The molecule has 21 heavy (non-hydrogen) atoms. The molecule has 4 saturated carbocycles. The maximum atomic E-state index is 11.1. The first-order valence-electron chi connectivity index (χ1n) is 8.94. The molecule has 2 unspecified atom stereocenters. The van der Waals surface area contributed by atoms with E-state index in [4.69, 9.17) is 5.11 Å². The molecular formula is C18H29NO2. The molecule has 3 heteroatoms. The van der Waals surface area contributed by atoms with Crippen molar-refractivity contribution in [1.29, 1.82) is 0 Å². The van der Waals surface area contributed by atoms with E-state index < -0.39 is 5.97 Å². The number of nitrogens with zero attached hydrogens (tertiary/aromatic N) is 1. The molecule has 5 aliphatic rings. The number of likely N-dealkylation sites (tertiary alicyclic amines) is 1. The molecule has 0 radical (unpaired) electrons. The van der Waals surface area contributed by atoms with Crippen LogP contribution in [-0.4, -0.2) is 35.1 Å². The molecule has 0 aromatic heterocycles. The third-order valence-corrected chi connectivity index (χ3v) is 7.55. The summed E-state index contributed by atoms with van der Waals surface area (Å²) in [7, 11) is 0.